The number of nitrogens with one attached hydrogen (secondary N) is 1. The summed E-state index contributed by atoms with van der Waals surface area (Å²) in [6.45, 7) is 6.64. The van der Waals surface area contributed by atoms with Crippen molar-refractivity contribution in [3.63, 3.8) is 0 Å². The monoisotopic (exact) mass is 189 g/mol. The van der Waals surface area contributed by atoms with Crippen LogP contribution in [0.4, 0.5) is 0 Å². The van der Waals surface area contributed by atoms with Crippen molar-refractivity contribution in [2.45, 2.75) is 26.2 Å². The highest BCUT2D eigenvalue weighted by atomic mass is 16.5. The molecule has 0 saturated carbocycles. The fraction of sp³-hybridized carbons (Fsp3) is 1.00. The van der Waals surface area contributed by atoms with Gasteiger partial charge in [0.05, 0.1) is 6.61 Å². The highest BCUT2D eigenvalue weighted by Crippen LogP contribution is 1.94. The van der Waals surface area contributed by atoms with Gasteiger partial charge in [0.1, 0.15) is 0 Å². The van der Waals surface area contributed by atoms with Crippen LogP contribution in [0, 0.1) is 0 Å². The van der Waals surface area contributed by atoms with Crippen LogP contribution in [0.25, 0.3) is 0 Å². The van der Waals surface area contributed by atoms with E-state index in [4.69, 9.17) is 9.47 Å². The highest BCUT2D eigenvalue weighted by molar-refractivity contribution is 4.47. The predicted molar refractivity (Wildman–Crippen MR) is 55.1 cm³/mol. The molecule has 13 heavy (non-hydrogen) atoms. The molecule has 3 nitrogen and oxygen atoms in total. The number of ether oxygens (including phenoxy) is 2. The maximum Gasteiger partial charge on any atom is 0.0587 e. The molecule has 0 rings (SSSR count). The van der Waals surface area contributed by atoms with Crippen LogP contribution >= 0.6 is 0 Å². The summed E-state index contributed by atoms with van der Waals surface area (Å²) in [5.74, 6) is 0. The van der Waals surface area contributed by atoms with Gasteiger partial charge in [-0.2, -0.15) is 0 Å². The molecule has 0 heterocycles. The standard InChI is InChI=1S/C10H23NO2/c1-3-13-9-6-4-5-7-11-8-10-12-2/h11H,3-10H2,1-2H3. The van der Waals surface area contributed by atoms with Crippen LogP contribution in [-0.4, -0.2) is 40.0 Å². The van der Waals surface area contributed by atoms with Gasteiger partial charge in [-0.25, -0.2) is 0 Å². The van der Waals surface area contributed by atoms with Gasteiger partial charge in [0.25, 0.3) is 0 Å². The van der Waals surface area contributed by atoms with E-state index >= 15 is 0 Å². The third-order valence-electron chi connectivity index (χ3n) is 1.83. The van der Waals surface area contributed by atoms with E-state index in [0.29, 0.717) is 0 Å². The summed E-state index contributed by atoms with van der Waals surface area (Å²) in [6, 6.07) is 0. The molecule has 80 valence electrons. The fourth-order valence-electron chi connectivity index (χ4n) is 1.07. The molecule has 0 radical (unpaired) electrons. The Balaban J connectivity index is 2.76. The van der Waals surface area contributed by atoms with Gasteiger partial charge in [0, 0.05) is 26.9 Å². The number of unbranched alkanes of at least 4 members (excludes halogenated alkanes) is 2. The lowest BCUT2D eigenvalue weighted by Gasteiger charge is -2.03. The van der Waals surface area contributed by atoms with Crippen LogP contribution in [-0.2, 0) is 9.47 Å². The van der Waals surface area contributed by atoms with Crippen LogP contribution in [0.15, 0.2) is 0 Å². The van der Waals surface area contributed by atoms with E-state index in [1.165, 1.54) is 19.3 Å². The zero-order valence-corrected chi connectivity index (χ0v) is 8.97. The van der Waals surface area contributed by atoms with Gasteiger partial charge in [-0.3, -0.25) is 0 Å². The molecule has 0 bridgehead atoms. The van der Waals surface area contributed by atoms with Crippen LogP contribution in [0.5, 0.6) is 0 Å². The Morgan fingerprint density at radius 2 is 1.85 bits per heavy atom. The summed E-state index contributed by atoms with van der Waals surface area (Å²) in [6.07, 6.45) is 3.66. The zero-order chi connectivity index (χ0) is 9.78. The summed E-state index contributed by atoms with van der Waals surface area (Å²) >= 11 is 0. The van der Waals surface area contributed by atoms with E-state index in [0.717, 1.165) is 32.9 Å². The van der Waals surface area contributed by atoms with Crippen molar-refractivity contribution in [2.24, 2.45) is 0 Å². The molecule has 0 fully saturated rings. The Bertz CT molecular complexity index is 79.0. The van der Waals surface area contributed by atoms with Crippen molar-refractivity contribution < 1.29 is 9.47 Å². The fourth-order valence-corrected chi connectivity index (χ4v) is 1.07. The molecule has 0 aromatic heterocycles. The van der Waals surface area contributed by atoms with Gasteiger partial charge in [-0.1, -0.05) is 0 Å². The second kappa shape index (κ2) is 11.9. The molecule has 0 atom stereocenters. The highest BCUT2D eigenvalue weighted by Gasteiger charge is 1.89. The van der Waals surface area contributed by atoms with E-state index in [-0.39, 0.29) is 0 Å². The van der Waals surface area contributed by atoms with Crippen LogP contribution < -0.4 is 5.32 Å². The first kappa shape index (κ1) is 12.9. The summed E-state index contributed by atoms with van der Waals surface area (Å²) in [5.41, 5.74) is 0. The van der Waals surface area contributed by atoms with Crippen molar-refractivity contribution in [1.29, 1.82) is 0 Å². The Labute approximate surface area is 81.8 Å². The molecule has 0 aliphatic heterocycles. The lowest BCUT2D eigenvalue weighted by atomic mass is 10.2. The molecule has 0 spiro atoms. The first-order valence-electron chi connectivity index (χ1n) is 5.19. The molecule has 0 aliphatic carbocycles. The lowest BCUT2D eigenvalue weighted by Crippen LogP contribution is -2.20. The Kier molecular flexibility index (Phi) is 11.8. The third kappa shape index (κ3) is 11.9. The molecule has 0 amide bonds. The van der Waals surface area contributed by atoms with Crippen molar-refractivity contribution >= 4 is 0 Å². The van der Waals surface area contributed by atoms with Gasteiger partial charge in [-0.05, 0) is 32.7 Å². The normalized spacial score (nSPS) is 10.6. The average Bonchev–Trinajstić information content (AvgIpc) is 2.16. The number of methoxy groups -OCH3 is 1. The summed E-state index contributed by atoms with van der Waals surface area (Å²) < 4.78 is 10.2. The summed E-state index contributed by atoms with van der Waals surface area (Å²) in [5, 5.41) is 3.31. The smallest absolute Gasteiger partial charge is 0.0587 e. The van der Waals surface area contributed by atoms with Crippen molar-refractivity contribution in [3.8, 4) is 0 Å². The summed E-state index contributed by atoms with van der Waals surface area (Å²) in [7, 11) is 1.73. The number of hydrogen-bond donors (Lipinski definition) is 1. The first-order valence-corrected chi connectivity index (χ1v) is 5.19. The van der Waals surface area contributed by atoms with E-state index in [1.54, 1.807) is 7.11 Å². The third-order valence-corrected chi connectivity index (χ3v) is 1.83. The number of rotatable bonds is 10. The van der Waals surface area contributed by atoms with Gasteiger partial charge < -0.3 is 14.8 Å². The van der Waals surface area contributed by atoms with Gasteiger partial charge >= 0.3 is 0 Å². The second-order valence-electron chi connectivity index (χ2n) is 3.00. The van der Waals surface area contributed by atoms with Gasteiger partial charge in [0.2, 0.25) is 0 Å². The second-order valence-corrected chi connectivity index (χ2v) is 3.00. The zero-order valence-electron chi connectivity index (χ0n) is 8.97. The molecule has 1 N–H and O–H groups in total. The van der Waals surface area contributed by atoms with E-state index in [1.807, 2.05) is 6.92 Å². The van der Waals surface area contributed by atoms with E-state index in [9.17, 15) is 0 Å². The summed E-state index contributed by atoms with van der Waals surface area (Å²) in [4.78, 5) is 0. The Morgan fingerprint density at radius 3 is 2.54 bits per heavy atom. The van der Waals surface area contributed by atoms with Gasteiger partial charge in [-0.15, -0.1) is 0 Å². The molecular weight excluding hydrogens is 166 g/mol. The average molecular weight is 189 g/mol. The molecule has 0 aromatic rings. The maximum absolute atomic E-state index is 5.24. The van der Waals surface area contributed by atoms with Crippen LogP contribution in [0.3, 0.4) is 0 Å². The predicted octanol–water partition coefficient (Wildman–Crippen LogP) is 1.43. The SMILES string of the molecule is CCOCCCCCNCCOC. The molecule has 0 unspecified atom stereocenters. The Morgan fingerprint density at radius 1 is 1.00 bits per heavy atom. The molecular formula is C10H23NO2. The van der Waals surface area contributed by atoms with Gasteiger partial charge in [0.15, 0.2) is 0 Å². The van der Waals surface area contributed by atoms with Crippen molar-refractivity contribution in [2.75, 3.05) is 40.0 Å². The lowest BCUT2D eigenvalue weighted by molar-refractivity contribution is 0.143. The maximum atomic E-state index is 5.24. The van der Waals surface area contributed by atoms with Crippen molar-refractivity contribution in [3.05, 3.63) is 0 Å². The van der Waals surface area contributed by atoms with Crippen LogP contribution in [0.2, 0.25) is 0 Å². The van der Waals surface area contributed by atoms with E-state index in [2.05, 4.69) is 5.32 Å². The van der Waals surface area contributed by atoms with Crippen LogP contribution in [0.1, 0.15) is 26.2 Å². The van der Waals surface area contributed by atoms with Crippen molar-refractivity contribution in [1.82, 2.24) is 5.32 Å². The largest absolute Gasteiger partial charge is 0.383 e. The quantitative estimate of drug-likeness (QED) is 0.527. The molecule has 3 heteroatoms. The molecule has 0 aliphatic rings. The minimum atomic E-state index is 0.805. The Hall–Kier alpha value is -0.120. The minimum Gasteiger partial charge on any atom is -0.383 e. The molecule has 0 aromatic carbocycles. The first-order chi connectivity index (χ1) is 6.41. The number of hydrogen-bond acceptors (Lipinski definition) is 3. The minimum absolute atomic E-state index is 0.805. The topological polar surface area (TPSA) is 30.5 Å². The van der Waals surface area contributed by atoms with E-state index < -0.39 is 0 Å². The molecule has 0 saturated heterocycles.